The lowest BCUT2D eigenvalue weighted by Gasteiger charge is -2.11. The van der Waals surface area contributed by atoms with Crippen molar-refractivity contribution in [2.75, 3.05) is 14.2 Å². The Balaban J connectivity index is 2.35. The third kappa shape index (κ3) is 2.56. The van der Waals surface area contributed by atoms with Crippen LogP contribution in [-0.2, 0) is 6.54 Å². The molecule has 1 N–H and O–H groups in total. The van der Waals surface area contributed by atoms with Gasteiger partial charge in [-0.25, -0.2) is 4.79 Å². The first-order valence-corrected chi connectivity index (χ1v) is 5.90. The molecular weight excluding hydrogens is 262 g/mol. The summed E-state index contributed by atoms with van der Waals surface area (Å²) in [7, 11) is 3.07. The number of hydrogen-bond acceptors (Lipinski definition) is 5. The van der Waals surface area contributed by atoms with E-state index in [1.165, 1.54) is 18.0 Å². The van der Waals surface area contributed by atoms with Gasteiger partial charge in [-0.15, -0.1) is 0 Å². The molecule has 2 aromatic rings. The van der Waals surface area contributed by atoms with Gasteiger partial charge in [-0.05, 0) is 6.92 Å². The van der Waals surface area contributed by atoms with E-state index in [2.05, 4.69) is 10.1 Å². The highest BCUT2D eigenvalue weighted by molar-refractivity contribution is 5.88. The minimum absolute atomic E-state index is 0.173. The van der Waals surface area contributed by atoms with Crippen LogP contribution in [0.15, 0.2) is 18.5 Å². The van der Waals surface area contributed by atoms with Crippen molar-refractivity contribution >= 4 is 5.97 Å². The number of aromatic carboxylic acids is 1. The second-order valence-corrected chi connectivity index (χ2v) is 4.12. The van der Waals surface area contributed by atoms with Crippen LogP contribution in [0.2, 0.25) is 0 Å². The molecule has 2 aromatic heterocycles. The highest BCUT2D eigenvalue weighted by Crippen LogP contribution is 2.29. The van der Waals surface area contributed by atoms with E-state index in [9.17, 15) is 4.79 Å². The fraction of sp³-hybridized carbons (Fsp3) is 0.308. The normalized spacial score (nSPS) is 10.3. The molecule has 0 amide bonds. The van der Waals surface area contributed by atoms with Crippen LogP contribution in [0, 0.1) is 6.92 Å². The summed E-state index contributed by atoms with van der Waals surface area (Å²) in [5, 5.41) is 13.2. The van der Waals surface area contributed by atoms with Gasteiger partial charge in [-0.1, -0.05) is 0 Å². The Kier molecular flexibility index (Phi) is 3.88. The Morgan fingerprint density at radius 1 is 1.40 bits per heavy atom. The molecule has 0 atom stereocenters. The fourth-order valence-corrected chi connectivity index (χ4v) is 1.93. The van der Waals surface area contributed by atoms with Gasteiger partial charge in [0.05, 0.1) is 26.5 Å². The molecule has 0 aliphatic rings. The highest BCUT2D eigenvalue weighted by Gasteiger charge is 2.15. The monoisotopic (exact) mass is 277 g/mol. The summed E-state index contributed by atoms with van der Waals surface area (Å²) in [6.07, 6.45) is 3.07. The lowest BCUT2D eigenvalue weighted by molar-refractivity contribution is 0.0696. The van der Waals surface area contributed by atoms with E-state index in [1.54, 1.807) is 26.3 Å². The molecular formula is C13H15N3O4. The van der Waals surface area contributed by atoms with Crippen LogP contribution in [0.25, 0.3) is 0 Å². The number of rotatable bonds is 5. The van der Waals surface area contributed by atoms with Crippen LogP contribution < -0.4 is 9.47 Å². The fourth-order valence-electron chi connectivity index (χ4n) is 1.93. The number of aromatic nitrogens is 3. The van der Waals surface area contributed by atoms with Crippen LogP contribution in [0.3, 0.4) is 0 Å². The van der Waals surface area contributed by atoms with E-state index in [-0.39, 0.29) is 5.56 Å². The van der Waals surface area contributed by atoms with Gasteiger partial charge in [0.1, 0.15) is 11.3 Å². The molecule has 2 rings (SSSR count). The van der Waals surface area contributed by atoms with Crippen molar-refractivity contribution in [1.29, 1.82) is 0 Å². The van der Waals surface area contributed by atoms with Crippen molar-refractivity contribution in [1.82, 2.24) is 14.8 Å². The predicted molar refractivity (Wildman–Crippen MR) is 70.4 cm³/mol. The van der Waals surface area contributed by atoms with Gasteiger partial charge in [0.15, 0.2) is 11.5 Å². The van der Waals surface area contributed by atoms with E-state index >= 15 is 0 Å². The average molecular weight is 277 g/mol. The molecule has 2 heterocycles. The molecule has 0 saturated carbocycles. The summed E-state index contributed by atoms with van der Waals surface area (Å²) in [6, 6.07) is 1.69. The molecule has 20 heavy (non-hydrogen) atoms. The molecule has 7 nitrogen and oxygen atoms in total. The number of pyridine rings is 1. The predicted octanol–water partition coefficient (Wildman–Crippen LogP) is 1.35. The van der Waals surface area contributed by atoms with Crippen LogP contribution in [-0.4, -0.2) is 40.1 Å². The highest BCUT2D eigenvalue weighted by atomic mass is 16.5. The molecule has 0 spiro atoms. The van der Waals surface area contributed by atoms with E-state index in [1.807, 2.05) is 0 Å². The Morgan fingerprint density at radius 2 is 2.15 bits per heavy atom. The minimum Gasteiger partial charge on any atom is -0.493 e. The van der Waals surface area contributed by atoms with Gasteiger partial charge >= 0.3 is 5.97 Å². The molecule has 0 aliphatic heterocycles. The Morgan fingerprint density at radius 3 is 2.70 bits per heavy atom. The average Bonchev–Trinajstić information content (AvgIpc) is 2.79. The van der Waals surface area contributed by atoms with Crippen LogP contribution >= 0.6 is 0 Å². The topological polar surface area (TPSA) is 86.5 Å². The smallest absolute Gasteiger partial charge is 0.339 e. The van der Waals surface area contributed by atoms with Gasteiger partial charge in [0, 0.05) is 18.5 Å². The van der Waals surface area contributed by atoms with E-state index in [4.69, 9.17) is 14.6 Å². The standard InChI is InChI=1S/C13H15N3O4/c1-8-9(13(17)18)6-16(15-8)7-10-12(20-3)11(19-2)4-5-14-10/h4-6H,7H2,1-3H3,(H,17,18). The second kappa shape index (κ2) is 5.60. The van der Waals surface area contributed by atoms with E-state index in [0.717, 1.165) is 0 Å². The summed E-state index contributed by atoms with van der Waals surface area (Å²) in [5.74, 6) is 0.0826. The van der Waals surface area contributed by atoms with Crippen LogP contribution in [0.5, 0.6) is 11.5 Å². The number of carboxylic acids is 1. The van der Waals surface area contributed by atoms with Crippen LogP contribution in [0.1, 0.15) is 21.7 Å². The van der Waals surface area contributed by atoms with Crippen molar-refractivity contribution in [2.24, 2.45) is 0 Å². The van der Waals surface area contributed by atoms with Gasteiger partial charge in [0.25, 0.3) is 0 Å². The summed E-state index contributed by atoms with van der Waals surface area (Å²) in [5.41, 5.74) is 1.25. The quantitative estimate of drug-likeness (QED) is 0.887. The van der Waals surface area contributed by atoms with Crippen molar-refractivity contribution in [3.05, 3.63) is 35.4 Å². The Hall–Kier alpha value is -2.57. The number of hydrogen-bond donors (Lipinski definition) is 1. The zero-order valence-electron chi connectivity index (χ0n) is 11.5. The number of aryl methyl sites for hydroxylation is 1. The minimum atomic E-state index is -1.00. The van der Waals surface area contributed by atoms with Crippen molar-refractivity contribution in [2.45, 2.75) is 13.5 Å². The summed E-state index contributed by atoms with van der Waals surface area (Å²) in [4.78, 5) is 15.2. The number of methoxy groups -OCH3 is 2. The Labute approximate surface area is 115 Å². The number of carbonyl (C=O) groups is 1. The van der Waals surface area contributed by atoms with Crippen molar-refractivity contribution < 1.29 is 19.4 Å². The first kappa shape index (κ1) is 13.9. The van der Waals surface area contributed by atoms with Gasteiger partial charge in [-0.2, -0.15) is 5.10 Å². The van der Waals surface area contributed by atoms with Gasteiger partial charge in [0.2, 0.25) is 0 Å². The molecule has 0 bridgehead atoms. The number of nitrogens with zero attached hydrogens (tertiary/aromatic N) is 3. The Bertz CT molecular complexity index is 637. The van der Waals surface area contributed by atoms with Gasteiger partial charge < -0.3 is 14.6 Å². The molecule has 0 fully saturated rings. The maximum atomic E-state index is 11.0. The SMILES string of the molecule is COc1ccnc(Cn2cc(C(=O)O)c(C)n2)c1OC. The second-order valence-electron chi connectivity index (χ2n) is 4.12. The number of carboxylic acid groups (broad SMARTS) is 1. The summed E-state index contributed by atoms with van der Waals surface area (Å²) < 4.78 is 12.0. The molecule has 0 aliphatic carbocycles. The summed E-state index contributed by atoms with van der Waals surface area (Å²) >= 11 is 0. The molecule has 0 aromatic carbocycles. The van der Waals surface area contributed by atoms with E-state index in [0.29, 0.717) is 29.4 Å². The lowest BCUT2D eigenvalue weighted by atomic mass is 10.3. The maximum absolute atomic E-state index is 11.0. The van der Waals surface area contributed by atoms with Crippen LogP contribution in [0.4, 0.5) is 0 Å². The number of ether oxygens (including phenoxy) is 2. The van der Waals surface area contributed by atoms with Gasteiger partial charge in [-0.3, -0.25) is 9.67 Å². The van der Waals surface area contributed by atoms with Crippen molar-refractivity contribution in [3.8, 4) is 11.5 Å². The first-order chi connectivity index (χ1) is 9.56. The zero-order chi connectivity index (χ0) is 14.7. The molecule has 7 heteroatoms. The zero-order valence-corrected chi connectivity index (χ0v) is 11.5. The van der Waals surface area contributed by atoms with Crippen molar-refractivity contribution in [3.63, 3.8) is 0 Å². The van der Waals surface area contributed by atoms with E-state index < -0.39 is 5.97 Å². The maximum Gasteiger partial charge on any atom is 0.339 e. The third-order valence-corrected chi connectivity index (χ3v) is 2.85. The summed E-state index contributed by atoms with van der Waals surface area (Å²) in [6.45, 7) is 1.95. The largest absolute Gasteiger partial charge is 0.493 e. The first-order valence-electron chi connectivity index (χ1n) is 5.90. The molecule has 106 valence electrons. The molecule has 0 unspecified atom stereocenters. The molecule has 0 saturated heterocycles. The third-order valence-electron chi connectivity index (χ3n) is 2.85. The lowest BCUT2D eigenvalue weighted by Crippen LogP contribution is -2.06. The molecule has 0 radical (unpaired) electrons.